The van der Waals surface area contributed by atoms with Crippen molar-refractivity contribution in [2.24, 2.45) is 0 Å². The van der Waals surface area contributed by atoms with E-state index in [0.29, 0.717) is 0 Å². The molecule has 0 spiro atoms. The summed E-state index contributed by atoms with van der Waals surface area (Å²) in [5.41, 5.74) is 24.4. The van der Waals surface area contributed by atoms with Crippen LogP contribution in [0.15, 0.2) is 170 Å². The van der Waals surface area contributed by atoms with Gasteiger partial charge in [-0.15, -0.1) is 0 Å². The lowest BCUT2D eigenvalue weighted by atomic mass is 10.0. The average molecular weight is 833 g/mol. The molecule has 0 amide bonds. The number of benzene rings is 8. The van der Waals surface area contributed by atoms with Gasteiger partial charge in [0.05, 0.1) is 0 Å². The fraction of sp³-hybridized carbons (Fsp3) is 0.161. The Bertz CT molecular complexity index is 2960. The zero-order valence-corrected chi connectivity index (χ0v) is 38.8. The maximum absolute atomic E-state index is 2.40. The first-order chi connectivity index (χ1) is 31.1. The first-order valence-electron chi connectivity index (χ1n) is 22.8. The van der Waals surface area contributed by atoms with Gasteiger partial charge in [0.25, 0.3) is 0 Å². The zero-order valence-electron chi connectivity index (χ0n) is 38.8. The summed E-state index contributed by atoms with van der Waals surface area (Å²) < 4.78 is 0. The van der Waals surface area contributed by atoms with Crippen LogP contribution in [-0.2, 0) is 12.8 Å². The molecule has 0 unspecified atom stereocenters. The Hall–Kier alpha value is -7.16. The molecule has 2 heteroatoms. The average Bonchev–Trinajstić information content (AvgIpc) is 3.30. The molecule has 0 N–H and O–H groups in total. The van der Waals surface area contributed by atoms with Gasteiger partial charge in [-0.1, -0.05) is 153 Å². The third-order valence-electron chi connectivity index (χ3n) is 12.6. The molecule has 0 bridgehead atoms. The molecule has 0 radical (unpaired) electrons. The highest BCUT2D eigenvalue weighted by atomic mass is 15.1. The quantitative estimate of drug-likeness (QED) is 0.107. The summed E-state index contributed by atoms with van der Waals surface area (Å²) in [4.78, 5) is 4.80. The van der Waals surface area contributed by atoms with E-state index in [-0.39, 0.29) is 0 Å². The van der Waals surface area contributed by atoms with Crippen LogP contribution in [0.1, 0.15) is 80.6 Å². The fourth-order valence-electron chi connectivity index (χ4n) is 8.72. The van der Waals surface area contributed by atoms with Crippen molar-refractivity contribution in [2.75, 3.05) is 9.80 Å². The van der Waals surface area contributed by atoms with Gasteiger partial charge in [-0.25, -0.2) is 0 Å². The first kappa shape index (κ1) is 43.5. The summed E-state index contributed by atoms with van der Waals surface area (Å²) >= 11 is 0. The number of rotatable bonds is 13. The van der Waals surface area contributed by atoms with Crippen LogP contribution in [0.25, 0.3) is 35.4 Å². The van der Waals surface area contributed by atoms with Crippen molar-refractivity contribution in [2.45, 2.75) is 68.2 Å². The molecule has 0 saturated heterocycles. The molecule has 8 aromatic carbocycles. The van der Waals surface area contributed by atoms with Crippen molar-refractivity contribution < 1.29 is 0 Å². The van der Waals surface area contributed by atoms with Crippen LogP contribution >= 0.6 is 0 Å². The Morgan fingerprint density at radius 3 is 1.23 bits per heavy atom. The van der Waals surface area contributed by atoms with Crippen LogP contribution in [0.3, 0.4) is 0 Å². The lowest BCUT2D eigenvalue weighted by molar-refractivity contribution is 1.12. The molecular formula is C62H60N2. The molecule has 0 aliphatic carbocycles. The Kier molecular flexibility index (Phi) is 13.2. The highest BCUT2D eigenvalue weighted by Crippen LogP contribution is 2.41. The molecule has 318 valence electrons. The van der Waals surface area contributed by atoms with E-state index in [1.165, 1.54) is 89.3 Å². The van der Waals surface area contributed by atoms with E-state index >= 15 is 0 Å². The Morgan fingerprint density at radius 1 is 0.344 bits per heavy atom. The lowest BCUT2D eigenvalue weighted by Crippen LogP contribution is -2.12. The largest absolute Gasteiger partial charge is 0.310 e. The van der Waals surface area contributed by atoms with Crippen LogP contribution < -0.4 is 9.80 Å². The molecule has 0 aliphatic rings. The summed E-state index contributed by atoms with van der Waals surface area (Å²) in [6.07, 6.45) is 10.9. The van der Waals surface area contributed by atoms with Crippen molar-refractivity contribution in [1.82, 2.24) is 0 Å². The Morgan fingerprint density at radius 2 is 0.797 bits per heavy atom. The highest BCUT2D eigenvalue weighted by Gasteiger charge is 2.18. The van der Waals surface area contributed by atoms with Gasteiger partial charge in [-0.2, -0.15) is 0 Å². The van der Waals surface area contributed by atoms with Gasteiger partial charge in [0.15, 0.2) is 0 Å². The number of anilines is 6. The first-order valence-corrected chi connectivity index (χ1v) is 22.8. The van der Waals surface area contributed by atoms with Crippen LogP contribution in [0, 0.1) is 41.5 Å². The third-order valence-corrected chi connectivity index (χ3v) is 12.6. The van der Waals surface area contributed by atoms with E-state index in [1.807, 2.05) is 0 Å². The molecule has 64 heavy (non-hydrogen) atoms. The number of hydrogen-bond donors (Lipinski definition) is 0. The standard InChI is InChI=1S/C62H60N2/c1-9-49-19-36-61(47(7)39-49)63(59-34-24-53(45(5)41-59)21-18-51-16-13-14-43(3)38-51)57-30-26-55(27-31-57)56-28-32-58(33-29-56)64(62-37-20-50(10-2)40-48(62)8)60-35-25-54(46(6)42-60)23-22-52-17-12-11-15-44(52)4/h11-42H,9-10H2,1-8H3. The van der Waals surface area contributed by atoms with Crippen molar-refractivity contribution in [3.63, 3.8) is 0 Å². The van der Waals surface area contributed by atoms with E-state index in [0.717, 1.165) is 35.6 Å². The molecule has 0 aromatic heterocycles. The molecule has 8 aromatic rings. The second kappa shape index (κ2) is 19.5. The van der Waals surface area contributed by atoms with Crippen LogP contribution in [-0.4, -0.2) is 0 Å². The molecule has 0 fully saturated rings. The summed E-state index contributed by atoms with van der Waals surface area (Å²) in [6, 6.07) is 62.6. The fourth-order valence-corrected chi connectivity index (χ4v) is 8.72. The van der Waals surface area contributed by atoms with Crippen molar-refractivity contribution in [3.8, 4) is 11.1 Å². The van der Waals surface area contributed by atoms with E-state index in [4.69, 9.17) is 0 Å². The minimum absolute atomic E-state index is 1.01. The monoisotopic (exact) mass is 832 g/mol. The molecular weight excluding hydrogens is 773 g/mol. The maximum Gasteiger partial charge on any atom is 0.0490 e. The van der Waals surface area contributed by atoms with Crippen molar-refractivity contribution in [3.05, 3.63) is 237 Å². The topological polar surface area (TPSA) is 6.48 Å². The number of hydrogen-bond acceptors (Lipinski definition) is 2. The van der Waals surface area contributed by atoms with Gasteiger partial charge in [0.2, 0.25) is 0 Å². The zero-order chi connectivity index (χ0) is 44.7. The molecule has 2 nitrogen and oxygen atoms in total. The van der Waals surface area contributed by atoms with Crippen LogP contribution in [0.4, 0.5) is 34.1 Å². The maximum atomic E-state index is 2.40. The van der Waals surface area contributed by atoms with Gasteiger partial charge in [0, 0.05) is 34.1 Å². The Balaban J connectivity index is 1.11. The molecule has 0 aliphatic heterocycles. The summed E-state index contributed by atoms with van der Waals surface area (Å²) in [7, 11) is 0. The van der Waals surface area contributed by atoms with E-state index < -0.39 is 0 Å². The SMILES string of the molecule is CCc1ccc(N(c2ccc(-c3ccc(N(c4ccc(C=Cc5ccccc5C)c(C)c4)c4ccc(CC)cc4C)cc3)cc2)c2ccc(C=Cc3cccc(C)c3)c(C)c2)c(C)c1. The lowest BCUT2D eigenvalue weighted by Gasteiger charge is -2.28. The van der Waals surface area contributed by atoms with Crippen molar-refractivity contribution >= 4 is 58.4 Å². The van der Waals surface area contributed by atoms with Gasteiger partial charge in [-0.3, -0.25) is 0 Å². The minimum atomic E-state index is 1.01. The van der Waals surface area contributed by atoms with E-state index in [2.05, 4.69) is 259 Å². The Labute approximate surface area is 382 Å². The summed E-state index contributed by atoms with van der Waals surface area (Å²) in [5, 5.41) is 0. The van der Waals surface area contributed by atoms with Crippen molar-refractivity contribution in [1.29, 1.82) is 0 Å². The second-order valence-corrected chi connectivity index (χ2v) is 17.2. The molecule has 0 atom stereocenters. The number of aryl methyl sites for hydroxylation is 8. The van der Waals surface area contributed by atoms with E-state index in [1.54, 1.807) is 0 Å². The smallest absolute Gasteiger partial charge is 0.0490 e. The molecule has 8 rings (SSSR count). The minimum Gasteiger partial charge on any atom is -0.310 e. The predicted molar refractivity (Wildman–Crippen MR) is 279 cm³/mol. The summed E-state index contributed by atoms with van der Waals surface area (Å²) in [6.45, 7) is 17.6. The second-order valence-electron chi connectivity index (χ2n) is 17.2. The third kappa shape index (κ3) is 9.73. The van der Waals surface area contributed by atoms with Gasteiger partial charge >= 0.3 is 0 Å². The van der Waals surface area contributed by atoms with Crippen LogP contribution in [0.2, 0.25) is 0 Å². The molecule has 0 saturated carbocycles. The normalized spacial score (nSPS) is 11.4. The van der Waals surface area contributed by atoms with Gasteiger partial charge in [0.1, 0.15) is 0 Å². The van der Waals surface area contributed by atoms with Crippen LogP contribution in [0.5, 0.6) is 0 Å². The highest BCUT2D eigenvalue weighted by molar-refractivity contribution is 5.84. The number of nitrogens with zero attached hydrogens (tertiary/aromatic N) is 2. The summed E-state index contributed by atoms with van der Waals surface area (Å²) in [5.74, 6) is 0. The predicted octanol–water partition coefficient (Wildman–Crippen LogP) is 17.6. The van der Waals surface area contributed by atoms with E-state index in [9.17, 15) is 0 Å². The van der Waals surface area contributed by atoms with Gasteiger partial charge < -0.3 is 9.80 Å². The molecule has 0 heterocycles. The van der Waals surface area contributed by atoms with Gasteiger partial charge in [-0.05, 0) is 187 Å².